The van der Waals surface area contributed by atoms with Gasteiger partial charge in [0, 0.05) is 32.6 Å². The molecule has 1 saturated carbocycles. The van der Waals surface area contributed by atoms with Crippen LogP contribution in [0.15, 0.2) is 4.99 Å². The van der Waals surface area contributed by atoms with Gasteiger partial charge < -0.3 is 15.2 Å². The van der Waals surface area contributed by atoms with Gasteiger partial charge in [0.25, 0.3) is 0 Å². The number of aryl methyl sites for hydroxylation is 2. The number of nitrogens with one attached hydrogen (secondary N) is 2. The van der Waals surface area contributed by atoms with Gasteiger partial charge in [0.15, 0.2) is 5.96 Å². The zero-order chi connectivity index (χ0) is 17.1. The molecule has 0 aromatic carbocycles. The summed E-state index contributed by atoms with van der Waals surface area (Å²) >= 11 is 0. The van der Waals surface area contributed by atoms with E-state index in [9.17, 15) is 0 Å². The molecule has 0 amide bonds. The molecule has 3 unspecified atom stereocenters. The van der Waals surface area contributed by atoms with Gasteiger partial charge in [-0.05, 0) is 50.4 Å². The van der Waals surface area contributed by atoms with Crippen LogP contribution in [0.1, 0.15) is 51.2 Å². The highest BCUT2D eigenvalue weighted by Gasteiger charge is 2.25. The minimum absolute atomic E-state index is 0.549. The molecule has 134 valence electrons. The second-order valence-electron chi connectivity index (χ2n) is 7.89. The fourth-order valence-electron chi connectivity index (χ4n) is 4.39. The Kier molecular flexibility index (Phi) is 5.41. The van der Waals surface area contributed by atoms with Crippen LogP contribution in [0.3, 0.4) is 0 Å². The van der Waals surface area contributed by atoms with E-state index in [-0.39, 0.29) is 0 Å². The van der Waals surface area contributed by atoms with Gasteiger partial charge in [-0.25, -0.2) is 0 Å². The Labute approximate surface area is 145 Å². The fourth-order valence-corrected chi connectivity index (χ4v) is 4.39. The molecule has 0 saturated heterocycles. The molecular formula is C18H32N6. The molecule has 3 atom stereocenters. The number of hydrogen-bond acceptors (Lipinski definition) is 3. The van der Waals surface area contributed by atoms with Crippen LogP contribution in [-0.2, 0) is 13.0 Å². The maximum atomic E-state index is 4.43. The van der Waals surface area contributed by atoms with Gasteiger partial charge in [0.1, 0.15) is 11.6 Å². The first-order valence-corrected chi connectivity index (χ1v) is 9.41. The minimum Gasteiger partial charge on any atom is -0.356 e. The molecule has 2 N–H and O–H groups in total. The molecule has 1 fully saturated rings. The highest BCUT2D eigenvalue weighted by molar-refractivity contribution is 5.79. The molecule has 6 nitrogen and oxygen atoms in total. The van der Waals surface area contributed by atoms with Crippen molar-refractivity contribution < 1.29 is 0 Å². The number of aromatic nitrogens is 3. The lowest BCUT2D eigenvalue weighted by atomic mass is 9.80. The summed E-state index contributed by atoms with van der Waals surface area (Å²) in [6.45, 7) is 8.73. The number of fused-ring (bicyclic) bond motifs is 1. The first-order valence-electron chi connectivity index (χ1n) is 9.41. The number of hydrogen-bond donors (Lipinski definition) is 2. The summed E-state index contributed by atoms with van der Waals surface area (Å²) in [6, 6.07) is 0.549. The SMILES string of the molecule is CN=C(NCC1CCc2nnc(C)n2C1)NC1CC(C)CC(C)C1. The van der Waals surface area contributed by atoms with Gasteiger partial charge in [-0.2, -0.15) is 0 Å². The topological polar surface area (TPSA) is 67.1 Å². The standard InChI is InChI=1S/C18H32N6/c1-12-7-13(2)9-16(8-12)21-18(19-4)20-10-15-5-6-17-23-22-14(3)24(17)11-15/h12-13,15-16H,5-11H2,1-4H3,(H2,19,20,21). The molecule has 6 heteroatoms. The van der Waals surface area contributed by atoms with Gasteiger partial charge in [0.05, 0.1) is 0 Å². The van der Waals surface area contributed by atoms with E-state index in [1.165, 1.54) is 25.7 Å². The molecule has 1 aromatic heterocycles. The normalized spacial score (nSPS) is 30.8. The summed E-state index contributed by atoms with van der Waals surface area (Å²) in [4.78, 5) is 4.43. The summed E-state index contributed by atoms with van der Waals surface area (Å²) in [6.07, 6.45) is 6.04. The second-order valence-corrected chi connectivity index (χ2v) is 7.89. The average Bonchev–Trinajstić information content (AvgIpc) is 2.91. The van der Waals surface area contributed by atoms with Crippen molar-refractivity contribution in [1.29, 1.82) is 0 Å². The van der Waals surface area contributed by atoms with E-state index in [0.717, 1.165) is 49.0 Å². The van der Waals surface area contributed by atoms with Crippen LogP contribution in [-0.4, -0.2) is 40.4 Å². The maximum Gasteiger partial charge on any atom is 0.191 e. The predicted octanol–water partition coefficient (Wildman–Crippen LogP) is 2.14. The van der Waals surface area contributed by atoms with E-state index in [2.05, 4.69) is 44.2 Å². The number of nitrogens with zero attached hydrogens (tertiary/aromatic N) is 4. The lowest BCUT2D eigenvalue weighted by molar-refractivity contribution is 0.254. The second kappa shape index (κ2) is 7.53. The maximum absolute atomic E-state index is 4.43. The summed E-state index contributed by atoms with van der Waals surface area (Å²) < 4.78 is 2.26. The summed E-state index contributed by atoms with van der Waals surface area (Å²) in [5, 5.41) is 15.6. The molecule has 1 aromatic rings. The van der Waals surface area contributed by atoms with Crippen LogP contribution < -0.4 is 10.6 Å². The first-order chi connectivity index (χ1) is 11.5. The van der Waals surface area contributed by atoms with Crippen LogP contribution in [0.5, 0.6) is 0 Å². The molecule has 3 rings (SSSR count). The highest BCUT2D eigenvalue weighted by atomic mass is 15.3. The number of rotatable bonds is 3. The molecule has 0 bridgehead atoms. The van der Waals surface area contributed by atoms with Crippen LogP contribution in [0, 0.1) is 24.7 Å². The van der Waals surface area contributed by atoms with Crippen LogP contribution in [0.4, 0.5) is 0 Å². The number of aliphatic imine (C=N–C) groups is 1. The lowest BCUT2D eigenvalue weighted by Gasteiger charge is -2.33. The summed E-state index contributed by atoms with van der Waals surface area (Å²) in [5.74, 6) is 5.33. The Morgan fingerprint density at radius 2 is 1.96 bits per heavy atom. The smallest absolute Gasteiger partial charge is 0.191 e. The van der Waals surface area contributed by atoms with Crippen molar-refractivity contribution in [3.05, 3.63) is 11.6 Å². The molecule has 0 spiro atoms. The third kappa shape index (κ3) is 4.08. The van der Waals surface area contributed by atoms with Crippen molar-refractivity contribution in [2.24, 2.45) is 22.7 Å². The summed E-state index contributed by atoms with van der Waals surface area (Å²) in [7, 11) is 1.87. The third-order valence-corrected chi connectivity index (χ3v) is 5.53. The monoisotopic (exact) mass is 332 g/mol. The van der Waals surface area contributed by atoms with Gasteiger partial charge in [-0.3, -0.25) is 4.99 Å². The van der Waals surface area contributed by atoms with E-state index >= 15 is 0 Å². The van der Waals surface area contributed by atoms with E-state index < -0.39 is 0 Å². The zero-order valence-corrected chi connectivity index (χ0v) is 15.5. The Morgan fingerprint density at radius 3 is 2.67 bits per heavy atom. The first kappa shape index (κ1) is 17.2. The molecule has 1 aliphatic carbocycles. The minimum atomic E-state index is 0.549. The molecule has 1 aliphatic heterocycles. The fraction of sp³-hybridized carbons (Fsp3) is 0.833. The third-order valence-electron chi connectivity index (χ3n) is 5.53. The van der Waals surface area contributed by atoms with Crippen molar-refractivity contribution in [3.63, 3.8) is 0 Å². The van der Waals surface area contributed by atoms with E-state index in [4.69, 9.17) is 0 Å². The van der Waals surface area contributed by atoms with Gasteiger partial charge in [0.2, 0.25) is 0 Å². The van der Waals surface area contributed by atoms with E-state index in [1.54, 1.807) is 0 Å². The molecule has 24 heavy (non-hydrogen) atoms. The van der Waals surface area contributed by atoms with Gasteiger partial charge in [-0.15, -0.1) is 10.2 Å². The highest BCUT2D eigenvalue weighted by Crippen LogP contribution is 2.28. The summed E-state index contributed by atoms with van der Waals surface area (Å²) in [5.41, 5.74) is 0. The van der Waals surface area contributed by atoms with Crippen LogP contribution in [0.2, 0.25) is 0 Å². The van der Waals surface area contributed by atoms with Crippen molar-refractivity contribution in [2.75, 3.05) is 13.6 Å². The van der Waals surface area contributed by atoms with E-state index in [1.807, 2.05) is 14.0 Å². The Morgan fingerprint density at radius 1 is 1.21 bits per heavy atom. The van der Waals surface area contributed by atoms with Crippen molar-refractivity contribution in [3.8, 4) is 0 Å². The number of guanidine groups is 1. The average molecular weight is 332 g/mol. The predicted molar refractivity (Wildman–Crippen MR) is 97.0 cm³/mol. The van der Waals surface area contributed by atoms with Gasteiger partial charge >= 0.3 is 0 Å². The molecule has 0 radical (unpaired) electrons. The van der Waals surface area contributed by atoms with Crippen LogP contribution >= 0.6 is 0 Å². The molecule has 2 heterocycles. The molecular weight excluding hydrogens is 300 g/mol. The van der Waals surface area contributed by atoms with Crippen LogP contribution in [0.25, 0.3) is 0 Å². The largest absolute Gasteiger partial charge is 0.356 e. The molecule has 2 aliphatic rings. The van der Waals surface area contributed by atoms with Crippen molar-refractivity contribution >= 4 is 5.96 Å². The zero-order valence-electron chi connectivity index (χ0n) is 15.5. The Balaban J connectivity index is 1.49. The quantitative estimate of drug-likeness (QED) is 0.657. The van der Waals surface area contributed by atoms with Crippen molar-refractivity contribution in [2.45, 2.75) is 65.5 Å². The Hall–Kier alpha value is -1.59. The van der Waals surface area contributed by atoms with Gasteiger partial charge in [-0.1, -0.05) is 13.8 Å². The lowest BCUT2D eigenvalue weighted by Crippen LogP contribution is -2.47. The van der Waals surface area contributed by atoms with E-state index in [0.29, 0.717) is 12.0 Å². The Bertz CT molecular complexity index is 568. The van der Waals surface area contributed by atoms with Crippen molar-refractivity contribution in [1.82, 2.24) is 25.4 Å².